The molecule has 13 N–H and O–H groups in total. The predicted molar refractivity (Wildman–Crippen MR) is 316 cm³/mol. The normalized spacial score (nSPS) is 31.7. The standard InChI is InChI=1S/C7H15N.4C6H14N2.C5H10O.5C4H9NO/c1-7-4-2-3-5-8-6-7;1-6-2-3-7-4-5-8-6;1-8-5-2-3-7-4-6-8;1-6-3-2-4-7-5-8-6;1-6-7-4-2-3-5-8-6;1-5-3-2-4-6-5;1-4-2-6-3-5-4;1-4-2-5-6-3-4;1-4-5-2-3-6-4;1-4-2-3-6-5-4;1-4-2-3-5-6-4/h7-8H,2-6H2,1H3;6-8H,2-5H2,1H3;7H,2-6H2,1H3;2*6-8H,2-5H2,1H3;5H,2-4H2,1H3;5*4-5H,2-3H2,1H3. The van der Waals surface area contributed by atoms with E-state index >= 15 is 0 Å². The highest BCUT2D eigenvalue weighted by Crippen LogP contribution is 2.10. The summed E-state index contributed by atoms with van der Waals surface area (Å²) in [6.07, 6.45) is 18.7. The van der Waals surface area contributed by atoms with E-state index in [0.717, 1.165) is 104 Å². The summed E-state index contributed by atoms with van der Waals surface area (Å²) in [5, 5.41) is 32.9. The van der Waals surface area contributed by atoms with Crippen LogP contribution in [0.2, 0.25) is 0 Å². The topological polar surface area (TPSA) is 215 Å². The summed E-state index contributed by atoms with van der Waals surface area (Å²) in [5.74, 6) is 1.63. The van der Waals surface area contributed by atoms with Gasteiger partial charge >= 0.3 is 0 Å². The van der Waals surface area contributed by atoms with Gasteiger partial charge < -0.3 is 71.3 Å². The second kappa shape index (κ2) is 53.5. The largest absolute Gasteiger partial charge is 0.379 e. The van der Waals surface area contributed by atoms with Crippen molar-refractivity contribution in [3.05, 3.63) is 0 Å². The van der Waals surface area contributed by atoms with Crippen LogP contribution in [0.3, 0.4) is 0 Å². The second-order valence-electron chi connectivity index (χ2n) is 22.3. The number of likely N-dealkylation sites (N-methyl/N-ethyl adjacent to an activating group) is 1. The molecule has 11 heterocycles. The van der Waals surface area contributed by atoms with Gasteiger partial charge in [0.2, 0.25) is 0 Å². The first-order valence-corrected chi connectivity index (χ1v) is 30.7. The highest BCUT2D eigenvalue weighted by Gasteiger charge is 2.11. The highest BCUT2D eigenvalue weighted by molar-refractivity contribution is 4.68. The van der Waals surface area contributed by atoms with Gasteiger partial charge in [-0.05, 0) is 204 Å². The van der Waals surface area contributed by atoms with Crippen molar-refractivity contribution >= 4 is 0 Å². The Hall–Kier alpha value is -0.800. The third-order valence-corrected chi connectivity index (χ3v) is 13.7. The third-order valence-electron chi connectivity index (χ3n) is 13.7. The Bertz CT molecular complexity index is 913. The Morgan fingerprint density at radius 3 is 1.66 bits per heavy atom. The highest BCUT2D eigenvalue weighted by atomic mass is 16.7. The summed E-state index contributed by atoms with van der Waals surface area (Å²) in [5.41, 5.74) is 8.36. The van der Waals surface area contributed by atoms with Crippen molar-refractivity contribution in [3.63, 3.8) is 0 Å². The van der Waals surface area contributed by atoms with Crippen molar-refractivity contribution in [3.8, 4) is 0 Å². The van der Waals surface area contributed by atoms with Gasteiger partial charge in [0.05, 0.1) is 51.5 Å². The van der Waals surface area contributed by atoms with Crippen molar-refractivity contribution in [2.75, 3.05) is 152 Å². The van der Waals surface area contributed by atoms with Gasteiger partial charge in [0.1, 0.15) is 6.23 Å². The minimum Gasteiger partial charge on any atom is -0.379 e. The molecule has 0 aromatic rings. The number of hydroxylamine groups is 3. The monoisotopic (exact) mass is 1090 g/mol. The molecule has 0 saturated carbocycles. The van der Waals surface area contributed by atoms with E-state index in [0.29, 0.717) is 54.7 Å². The Morgan fingerprint density at radius 2 is 1.16 bits per heavy atom. The van der Waals surface area contributed by atoms with Crippen LogP contribution in [0.1, 0.15) is 153 Å². The van der Waals surface area contributed by atoms with Gasteiger partial charge in [-0.2, -0.15) is 5.48 Å². The molecule has 11 fully saturated rings. The fraction of sp³-hybridized carbons (Fsp3) is 1.00. The van der Waals surface area contributed by atoms with Crippen LogP contribution in [0, 0.1) is 11.8 Å². The molecule has 9 unspecified atom stereocenters. The van der Waals surface area contributed by atoms with Crippen LogP contribution in [0.5, 0.6) is 0 Å². The van der Waals surface area contributed by atoms with Crippen LogP contribution in [-0.4, -0.2) is 205 Å². The first-order valence-electron chi connectivity index (χ1n) is 30.7. The molecule has 76 heavy (non-hydrogen) atoms. The summed E-state index contributed by atoms with van der Waals surface area (Å²) < 4.78 is 15.1. The Labute approximate surface area is 466 Å². The van der Waals surface area contributed by atoms with Crippen LogP contribution < -0.4 is 69.6 Å². The molecule has 11 rings (SSSR count). The molecular formula is C56H126N14O6. The van der Waals surface area contributed by atoms with Crippen LogP contribution in [-0.2, 0) is 28.7 Å². The van der Waals surface area contributed by atoms with E-state index in [1.807, 2.05) is 6.92 Å². The summed E-state index contributed by atoms with van der Waals surface area (Å²) in [7, 11) is 2.17. The molecule has 0 aliphatic carbocycles. The number of hydrogen-bond donors (Lipinski definition) is 13. The molecule has 20 heteroatoms. The Balaban J connectivity index is 0.000000419. The minimum atomic E-state index is 0.296. The summed E-state index contributed by atoms with van der Waals surface area (Å²) in [6.45, 7) is 45.0. The van der Waals surface area contributed by atoms with Gasteiger partial charge in [-0.15, -0.1) is 0 Å². The molecule has 0 aromatic carbocycles. The lowest BCUT2D eigenvalue weighted by Gasteiger charge is -2.09. The van der Waals surface area contributed by atoms with E-state index < -0.39 is 0 Å². The van der Waals surface area contributed by atoms with Gasteiger partial charge in [0.15, 0.2) is 0 Å². The van der Waals surface area contributed by atoms with Crippen molar-refractivity contribution in [2.24, 2.45) is 11.8 Å². The van der Waals surface area contributed by atoms with Crippen LogP contribution in [0.4, 0.5) is 0 Å². The maximum atomic E-state index is 5.15. The number of ether oxygens (including phenoxy) is 3. The fourth-order valence-electron chi connectivity index (χ4n) is 8.33. The lowest BCUT2D eigenvalue weighted by Crippen LogP contribution is -2.37. The van der Waals surface area contributed by atoms with E-state index in [2.05, 4.69) is 144 Å². The SMILES string of the molecule is CC1CCCCNC1.CC1CCCNCN1.CC1CCCO1.CC1CCNCCN1.CC1CCNO1.CC1CCON1.CC1CNOC1.CC1COCN1.CC1NCCCCN1.CC1NCCO1.CN1CCCNCC1. The van der Waals surface area contributed by atoms with Gasteiger partial charge in [-0.25, -0.2) is 11.0 Å². The summed E-state index contributed by atoms with van der Waals surface area (Å²) in [6, 6.07) is 2.57. The first kappa shape index (κ1) is 73.2. The van der Waals surface area contributed by atoms with Crippen LogP contribution >= 0.6 is 0 Å². The Kier molecular flexibility index (Phi) is 51.5. The third kappa shape index (κ3) is 51.4. The summed E-state index contributed by atoms with van der Waals surface area (Å²) >= 11 is 0. The molecule has 0 radical (unpaired) electrons. The molecule has 0 amide bonds. The van der Waals surface area contributed by atoms with Gasteiger partial charge in [0, 0.05) is 83.3 Å². The number of nitrogens with zero attached hydrogens (tertiary/aromatic N) is 1. The molecule has 11 aliphatic heterocycles. The average Bonchev–Trinajstić information content (AvgIpc) is 4.30. The van der Waals surface area contributed by atoms with Crippen LogP contribution in [0.15, 0.2) is 0 Å². The smallest absolute Gasteiger partial charge is 0.105 e. The fourth-order valence-corrected chi connectivity index (χ4v) is 8.33. The van der Waals surface area contributed by atoms with E-state index in [-0.39, 0.29) is 0 Å². The molecule has 11 aliphatic rings. The molecule has 11 saturated heterocycles. The second-order valence-corrected chi connectivity index (χ2v) is 22.3. The number of rotatable bonds is 0. The van der Waals surface area contributed by atoms with E-state index in [1.54, 1.807) is 0 Å². The lowest BCUT2D eigenvalue weighted by atomic mass is 10.1. The zero-order valence-corrected chi connectivity index (χ0v) is 50.9. The predicted octanol–water partition coefficient (Wildman–Crippen LogP) is 3.72. The molecular weight excluding hydrogens is 965 g/mol. The van der Waals surface area contributed by atoms with Gasteiger partial charge in [-0.1, -0.05) is 20.3 Å². The quantitative estimate of drug-likeness (QED) is 0.167. The minimum absolute atomic E-state index is 0.296. The number of hydrogen-bond acceptors (Lipinski definition) is 20. The lowest BCUT2D eigenvalue weighted by molar-refractivity contribution is 0.0453. The van der Waals surface area contributed by atoms with E-state index in [1.165, 1.54) is 130 Å². The molecule has 20 nitrogen and oxygen atoms in total. The van der Waals surface area contributed by atoms with Crippen LogP contribution in [0.25, 0.3) is 0 Å². The van der Waals surface area contributed by atoms with Crippen molar-refractivity contribution in [1.29, 1.82) is 0 Å². The zero-order chi connectivity index (χ0) is 55.5. The van der Waals surface area contributed by atoms with Crippen molar-refractivity contribution in [2.45, 2.75) is 201 Å². The maximum absolute atomic E-state index is 5.15. The average molecular weight is 1090 g/mol. The Morgan fingerprint density at radius 1 is 0.408 bits per heavy atom. The number of nitrogens with one attached hydrogen (secondary N) is 13. The van der Waals surface area contributed by atoms with E-state index in [9.17, 15) is 0 Å². The molecule has 9 atom stereocenters. The first-order chi connectivity index (χ1) is 36.8. The molecule has 0 spiro atoms. The maximum Gasteiger partial charge on any atom is 0.105 e. The van der Waals surface area contributed by atoms with Crippen molar-refractivity contribution < 1.29 is 28.7 Å². The summed E-state index contributed by atoms with van der Waals surface area (Å²) in [4.78, 5) is 16.9. The van der Waals surface area contributed by atoms with Crippen molar-refractivity contribution in [1.82, 2.24) is 74.5 Å². The van der Waals surface area contributed by atoms with Gasteiger partial charge in [-0.3, -0.25) is 15.5 Å². The van der Waals surface area contributed by atoms with E-state index in [4.69, 9.17) is 28.7 Å². The zero-order valence-electron chi connectivity index (χ0n) is 50.9. The molecule has 456 valence electrons. The molecule has 0 aromatic heterocycles. The van der Waals surface area contributed by atoms with Gasteiger partial charge in [0.25, 0.3) is 0 Å². The molecule has 0 bridgehead atoms.